The SMILES string of the molecule is CCCCCCCCc1cc(-c2scc3c2OCCO3)sc1-c1scc2c1OCCO2. The fourth-order valence-corrected chi connectivity index (χ4v) is 7.44. The van der Waals surface area contributed by atoms with Crippen molar-refractivity contribution in [1.82, 2.24) is 0 Å². The Morgan fingerprint density at radius 1 is 0.710 bits per heavy atom. The summed E-state index contributed by atoms with van der Waals surface area (Å²) in [5, 5.41) is 4.16. The largest absolute Gasteiger partial charge is 0.485 e. The summed E-state index contributed by atoms with van der Waals surface area (Å²) in [6, 6.07) is 2.37. The molecule has 31 heavy (non-hydrogen) atoms. The van der Waals surface area contributed by atoms with E-state index in [0.29, 0.717) is 26.4 Å². The molecule has 0 N–H and O–H groups in total. The first-order valence-electron chi connectivity index (χ1n) is 11.2. The second kappa shape index (κ2) is 9.84. The highest BCUT2D eigenvalue weighted by Gasteiger charge is 2.26. The zero-order chi connectivity index (χ0) is 21.0. The van der Waals surface area contributed by atoms with Gasteiger partial charge in [-0.1, -0.05) is 39.0 Å². The van der Waals surface area contributed by atoms with Gasteiger partial charge in [-0.25, -0.2) is 0 Å². The van der Waals surface area contributed by atoms with Crippen molar-refractivity contribution in [2.45, 2.75) is 51.9 Å². The lowest BCUT2D eigenvalue weighted by atomic mass is 10.0. The number of unbranched alkanes of at least 4 members (excludes halogenated alkanes) is 5. The summed E-state index contributed by atoms with van der Waals surface area (Å²) in [5.74, 6) is 3.59. The second-order valence-electron chi connectivity index (χ2n) is 7.89. The zero-order valence-electron chi connectivity index (χ0n) is 17.9. The third kappa shape index (κ3) is 4.45. The van der Waals surface area contributed by atoms with Crippen molar-refractivity contribution in [3.63, 3.8) is 0 Å². The Bertz CT molecular complexity index is 1020. The molecule has 0 radical (unpaired) electrons. The van der Waals surface area contributed by atoms with Crippen LogP contribution >= 0.6 is 34.0 Å². The van der Waals surface area contributed by atoms with Crippen LogP contribution in [0.25, 0.3) is 19.5 Å². The van der Waals surface area contributed by atoms with Gasteiger partial charge in [0.1, 0.15) is 26.4 Å². The van der Waals surface area contributed by atoms with Crippen molar-refractivity contribution >= 4 is 34.0 Å². The van der Waals surface area contributed by atoms with Crippen molar-refractivity contribution in [3.05, 3.63) is 22.4 Å². The normalized spacial score (nSPS) is 14.7. The average Bonchev–Trinajstić information content (AvgIpc) is 3.52. The summed E-state index contributed by atoms with van der Waals surface area (Å²) in [4.78, 5) is 4.96. The molecule has 0 aliphatic carbocycles. The van der Waals surface area contributed by atoms with Gasteiger partial charge in [-0.05, 0) is 24.5 Å². The van der Waals surface area contributed by atoms with E-state index < -0.39 is 0 Å². The van der Waals surface area contributed by atoms with Gasteiger partial charge in [0.05, 0.1) is 14.6 Å². The third-order valence-corrected chi connectivity index (χ3v) is 9.04. The molecule has 5 heterocycles. The Morgan fingerprint density at radius 3 is 2.06 bits per heavy atom. The molecule has 0 saturated heterocycles. The first kappa shape index (κ1) is 21.2. The molecule has 0 aromatic carbocycles. The molecule has 0 bridgehead atoms. The summed E-state index contributed by atoms with van der Waals surface area (Å²) in [5.41, 5.74) is 1.41. The van der Waals surface area contributed by atoms with Crippen LogP contribution in [0.1, 0.15) is 51.0 Å². The molecule has 0 saturated carbocycles. The van der Waals surface area contributed by atoms with Crippen LogP contribution in [0.3, 0.4) is 0 Å². The Kier molecular flexibility index (Phi) is 6.72. The van der Waals surface area contributed by atoms with E-state index in [1.54, 1.807) is 22.7 Å². The minimum absolute atomic E-state index is 0.614. The molecule has 7 heteroatoms. The van der Waals surface area contributed by atoms with Crippen molar-refractivity contribution in [3.8, 4) is 42.5 Å². The summed E-state index contributed by atoms with van der Waals surface area (Å²) in [7, 11) is 0. The minimum atomic E-state index is 0.614. The number of rotatable bonds is 9. The molecule has 2 aliphatic rings. The number of thiophene rings is 3. The van der Waals surface area contributed by atoms with E-state index in [1.165, 1.54) is 63.6 Å². The Balaban J connectivity index is 1.44. The van der Waals surface area contributed by atoms with E-state index in [1.807, 2.05) is 11.3 Å². The van der Waals surface area contributed by atoms with Crippen molar-refractivity contribution < 1.29 is 18.9 Å². The molecule has 4 nitrogen and oxygen atoms in total. The number of aryl methyl sites for hydroxylation is 1. The molecule has 3 aromatic rings. The highest BCUT2D eigenvalue weighted by molar-refractivity contribution is 7.26. The second-order valence-corrected chi connectivity index (χ2v) is 10.7. The van der Waals surface area contributed by atoms with E-state index in [-0.39, 0.29) is 0 Å². The average molecular weight is 477 g/mol. The summed E-state index contributed by atoms with van der Waals surface area (Å²) >= 11 is 5.28. The van der Waals surface area contributed by atoms with E-state index >= 15 is 0 Å². The van der Waals surface area contributed by atoms with E-state index in [0.717, 1.165) is 29.4 Å². The fraction of sp³-hybridized carbons (Fsp3) is 0.500. The van der Waals surface area contributed by atoms with Gasteiger partial charge in [0.15, 0.2) is 23.0 Å². The van der Waals surface area contributed by atoms with Crippen molar-refractivity contribution in [2.24, 2.45) is 0 Å². The minimum Gasteiger partial charge on any atom is -0.485 e. The lowest BCUT2D eigenvalue weighted by Crippen LogP contribution is -2.14. The topological polar surface area (TPSA) is 36.9 Å². The van der Waals surface area contributed by atoms with Gasteiger partial charge in [0.2, 0.25) is 0 Å². The van der Waals surface area contributed by atoms with Gasteiger partial charge < -0.3 is 18.9 Å². The molecule has 166 valence electrons. The van der Waals surface area contributed by atoms with Gasteiger partial charge in [-0.3, -0.25) is 0 Å². The third-order valence-electron chi connectivity index (χ3n) is 5.64. The highest BCUT2D eigenvalue weighted by Crippen LogP contribution is 2.53. The van der Waals surface area contributed by atoms with Gasteiger partial charge in [0, 0.05) is 15.6 Å². The Morgan fingerprint density at radius 2 is 1.32 bits per heavy atom. The Hall–Kier alpha value is -1.70. The van der Waals surface area contributed by atoms with Crippen LogP contribution in [0.2, 0.25) is 0 Å². The van der Waals surface area contributed by atoms with Crippen LogP contribution in [0.5, 0.6) is 23.0 Å². The monoisotopic (exact) mass is 476 g/mol. The first-order valence-corrected chi connectivity index (χ1v) is 13.8. The van der Waals surface area contributed by atoms with Gasteiger partial charge in [-0.2, -0.15) is 0 Å². The lowest BCUT2D eigenvalue weighted by molar-refractivity contribution is 0.174. The molecule has 2 aliphatic heterocycles. The summed E-state index contributed by atoms with van der Waals surface area (Å²) in [6.45, 7) is 4.75. The maximum atomic E-state index is 6.01. The van der Waals surface area contributed by atoms with E-state index in [4.69, 9.17) is 18.9 Å². The van der Waals surface area contributed by atoms with Crippen molar-refractivity contribution in [1.29, 1.82) is 0 Å². The molecular weight excluding hydrogens is 448 g/mol. The Labute approximate surface area is 195 Å². The predicted molar refractivity (Wildman–Crippen MR) is 130 cm³/mol. The first-order chi connectivity index (χ1) is 15.3. The molecule has 0 fully saturated rings. The molecule has 5 rings (SSSR count). The summed E-state index contributed by atoms with van der Waals surface area (Å²) < 4.78 is 23.6. The fourth-order valence-electron chi connectivity index (χ4n) is 4.07. The smallest absolute Gasteiger partial charge is 0.180 e. The molecule has 0 atom stereocenters. The zero-order valence-corrected chi connectivity index (χ0v) is 20.3. The van der Waals surface area contributed by atoms with Crippen LogP contribution in [0.15, 0.2) is 16.8 Å². The van der Waals surface area contributed by atoms with Crippen LogP contribution in [0, 0.1) is 0 Å². The summed E-state index contributed by atoms with van der Waals surface area (Å²) in [6.07, 6.45) is 8.92. The number of fused-ring (bicyclic) bond motifs is 2. The van der Waals surface area contributed by atoms with Crippen LogP contribution in [0.4, 0.5) is 0 Å². The number of ether oxygens (including phenoxy) is 4. The van der Waals surface area contributed by atoms with Gasteiger partial charge in [-0.15, -0.1) is 34.0 Å². The predicted octanol–water partition coefficient (Wildman–Crippen LogP) is 7.65. The van der Waals surface area contributed by atoms with Crippen LogP contribution < -0.4 is 18.9 Å². The maximum Gasteiger partial charge on any atom is 0.180 e. The molecule has 0 unspecified atom stereocenters. The van der Waals surface area contributed by atoms with Gasteiger partial charge >= 0.3 is 0 Å². The molecule has 0 spiro atoms. The van der Waals surface area contributed by atoms with Crippen LogP contribution in [-0.4, -0.2) is 26.4 Å². The lowest BCUT2D eigenvalue weighted by Gasteiger charge is -2.16. The molecule has 0 amide bonds. The van der Waals surface area contributed by atoms with Crippen LogP contribution in [-0.2, 0) is 6.42 Å². The maximum absolute atomic E-state index is 6.01. The van der Waals surface area contributed by atoms with Gasteiger partial charge in [0.25, 0.3) is 0 Å². The molecule has 3 aromatic heterocycles. The highest BCUT2D eigenvalue weighted by atomic mass is 32.1. The van der Waals surface area contributed by atoms with E-state index in [2.05, 4.69) is 23.8 Å². The quantitative estimate of drug-likeness (QED) is 0.297. The number of hydrogen-bond donors (Lipinski definition) is 0. The van der Waals surface area contributed by atoms with Crippen molar-refractivity contribution in [2.75, 3.05) is 26.4 Å². The van der Waals surface area contributed by atoms with E-state index in [9.17, 15) is 0 Å². The standard InChI is InChI=1S/C24H28O4S3/c1-2-3-4-5-6-7-8-16-13-19(23-20-17(14-29-23)25-9-11-27-20)31-22(16)24-21-18(15-30-24)26-10-12-28-21/h13-15H,2-12H2,1H3. The molecular formula is C24H28O4S3. The number of hydrogen-bond acceptors (Lipinski definition) is 7.